The molecule has 1 fully saturated rings. The van der Waals surface area contributed by atoms with Crippen LogP contribution in [0.5, 0.6) is 11.5 Å². The number of ether oxygens (including phenoxy) is 2. The van der Waals surface area contributed by atoms with Gasteiger partial charge in [0.25, 0.3) is 5.91 Å². The van der Waals surface area contributed by atoms with Crippen LogP contribution in [0.25, 0.3) is 6.08 Å². The van der Waals surface area contributed by atoms with Crippen LogP contribution >= 0.6 is 24.0 Å². The molecule has 1 heterocycles. The van der Waals surface area contributed by atoms with E-state index in [1.54, 1.807) is 36.3 Å². The maximum atomic E-state index is 13.1. The number of halogens is 1. The number of nitrogens with zero attached hydrogens (tertiary/aromatic N) is 1. The first-order chi connectivity index (χ1) is 15.5. The molecule has 0 aliphatic carbocycles. The first-order valence-electron chi connectivity index (χ1n) is 9.88. The van der Waals surface area contributed by atoms with Gasteiger partial charge in [-0.3, -0.25) is 9.69 Å². The zero-order valence-corrected chi connectivity index (χ0v) is 18.9. The van der Waals surface area contributed by atoms with E-state index in [0.29, 0.717) is 27.3 Å². The number of thioether (sulfide) groups is 1. The van der Waals surface area contributed by atoms with E-state index in [-0.39, 0.29) is 18.3 Å². The van der Waals surface area contributed by atoms with Crippen LogP contribution in [0.15, 0.2) is 77.7 Å². The summed E-state index contributed by atoms with van der Waals surface area (Å²) in [7, 11) is 1.56. The van der Waals surface area contributed by atoms with Crippen LogP contribution in [-0.2, 0) is 17.9 Å². The van der Waals surface area contributed by atoms with E-state index in [0.717, 1.165) is 16.7 Å². The van der Waals surface area contributed by atoms with Crippen molar-refractivity contribution in [1.82, 2.24) is 4.90 Å². The first-order valence-corrected chi connectivity index (χ1v) is 11.1. The molecule has 1 saturated heterocycles. The largest absolute Gasteiger partial charge is 0.493 e. The summed E-state index contributed by atoms with van der Waals surface area (Å²) in [5.41, 5.74) is 2.67. The van der Waals surface area contributed by atoms with Crippen LogP contribution in [0.1, 0.15) is 16.7 Å². The Morgan fingerprint density at radius 1 is 1.00 bits per heavy atom. The van der Waals surface area contributed by atoms with Crippen molar-refractivity contribution in [2.75, 3.05) is 7.11 Å². The average Bonchev–Trinajstić information content (AvgIpc) is 3.07. The Bertz CT molecular complexity index is 1160. The van der Waals surface area contributed by atoms with E-state index >= 15 is 0 Å². The van der Waals surface area contributed by atoms with E-state index in [1.165, 1.54) is 23.9 Å². The maximum absolute atomic E-state index is 13.1. The molecule has 0 N–H and O–H groups in total. The third-order valence-corrected chi connectivity index (χ3v) is 6.23. The molecule has 7 heteroatoms. The number of thiocarbonyl (C=S) groups is 1. The number of amides is 1. The fourth-order valence-electron chi connectivity index (χ4n) is 3.19. The van der Waals surface area contributed by atoms with Crippen LogP contribution in [0.4, 0.5) is 4.39 Å². The molecular formula is C25H20FNO3S2. The van der Waals surface area contributed by atoms with Crippen LogP contribution in [0.2, 0.25) is 0 Å². The highest BCUT2D eigenvalue weighted by Crippen LogP contribution is 2.35. The van der Waals surface area contributed by atoms with Gasteiger partial charge in [0.15, 0.2) is 11.5 Å². The van der Waals surface area contributed by atoms with Crippen molar-refractivity contribution in [3.05, 3.63) is 100 Å². The van der Waals surface area contributed by atoms with Gasteiger partial charge in [-0.25, -0.2) is 4.39 Å². The molecule has 4 rings (SSSR count). The molecular weight excluding hydrogens is 445 g/mol. The second-order valence-corrected chi connectivity index (χ2v) is 8.75. The fraction of sp³-hybridized carbons (Fsp3) is 0.120. The second-order valence-electron chi connectivity index (χ2n) is 7.08. The maximum Gasteiger partial charge on any atom is 0.266 e. The van der Waals surface area contributed by atoms with E-state index in [2.05, 4.69) is 0 Å². The van der Waals surface area contributed by atoms with Gasteiger partial charge in [0.1, 0.15) is 16.7 Å². The third-order valence-electron chi connectivity index (χ3n) is 4.85. The number of hydrogen-bond donors (Lipinski definition) is 0. The molecule has 0 bridgehead atoms. The van der Waals surface area contributed by atoms with Crippen molar-refractivity contribution >= 4 is 40.3 Å². The SMILES string of the molecule is COc1cc(C=C2SC(=S)N(Cc3ccccc3)C2=O)ccc1OCc1ccc(F)cc1. The minimum absolute atomic E-state index is 0.112. The Kier molecular flexibility index (Phi) is 6.87. The molecule has 3 aromatic rings. The van der Waals surface area contributed by atoms with Crippen molar-refractivity contribution in [2.24, 2.45) is 0 Å². The Morgan fingerprint density at radius 2 is 1.75 bits per heavy atom. The highest BCUT2D eigenvalue weighted by atomic mass is 32.2. The monoisotopic (exact) mass is 465 g/mol. The molecule has 0 radical (unpaired) electrons. The molecule has 0 saturated carbocycles. The summed E-state index contributed by atoms with van der Waals surface area (Å²) in [4.78, 5) is 15.1. The van der Waals surface area contributed by atoms with Gasteiger partial charge < -0.3 is 9.47 Å². The van der Waals surface area contributed by atoms with Gasteiger partial charge in [0.05, 0.1) is 18.6 Å². The first kappa shape index (κ1) is 22.0. The predicted octanol–water partition coefficient (Wildman–Crippen LogP) is 5.81. The highest BCUT2D eigenvalue weighted by Gasteiger charge is 2.32. The Hall–Kier alpha value is -3.16. The molecule has 3 aromatic carbocycles. The lowest BCUT2D eigenvalue weighted by Crippen LogP contribution is -2.27. The molecule has 4 nitrogen and oxygen atoms in total. The van der Waals surface area contributed by atoms with Gasteiger partial charge >= 0.3 is 0 Å². The summed E-state index contributed by atoms with van der Waals surface area (Å²) in [6, 6.07) is 21.4. The topological polar surface area (TPSA) is 38.8 Å². The van der Waals surface area contributed by atoms with Gasteiger partial charge in [-0.15, -0.1) is 0 Å². The van der Waals surface area contributed by atoms with Crippen LogP contribution < -0.4 is 9.47 Å². The van der Waals surface area contributed by atoms with Crippen molar-refractivity contribution in [3.8, 4) is 11.5 Å². The fourth-order valence-corrected chi connectivity index (χ4v) is 4.44. The minimum atomic E-state index is -0.287. The highest BCUT2D eigenvalue weighted by molar-refractivity contribution is 8.26. The lowest BCUT2D eigenvalue weighted by Gasteiger charge is -2.14. The summed E-state index contributed by atoms with van der Waals surface area (Å²) in [6.07, 6.45) is 1.80. The van der Waals surface area contributed by atoms with Crippen molar-refractivity contribution in [1.29, 1.82) is 0 Å². The Balaban J connectivity index is 1.48. The standard InChI is InChI=1S/C25H20FNO3S2/c1-29-22-13-19(9-12-21(22)30-16-18-7-10-20(26)11-8-18)14-23-24(28)27(25(31)32-23)15-17-5-3-2-4-6-17/h2-14H,15-16H2,1H3. The molecule has 0 aromatic heterocycles. The predicted molar refractivity (Wildman–Crippen MR) is 129 cm³/mol. The minimum Gasteiger partial charge on any atom is -0.493 e. The zero-order valence-electron chi connectivity index (χ0n) is 17.3. The number of carbonyl (C=O) groups excluding carboxylic acids is 1. The van der Waals surface area contributed by atoms with Gasteiger partial charge in [0, 0.05) is 0 Å². The van der Waals surface area contributed by atoms with E-state index in [9.17, 15) is 9.18 Å². The van der Waals surface area contributed by atoms with E-state index in [4.69, 9.17) is 21.7 Å². The number of methoxy groups -OCH3 is 1. The van der Waals surface area contributed by atoms with Crippen molar-refractivity contribution in [2.45, 2.75) is 13.2 Å². The second kappa shape index (κ2) is 9.97. The molecule has 1 amide bonds. The normalized spacial score (nSPS) is 14.8. The van der Waals surface area contributed by atoms with Crippen LogP contribution in [0, 0.1) is 5.82 Å². The van der Waals surface area contributed by atoms with Gasteiger partial charge in [0.2, 0.25) is 0 Å². The molecule has 0 atom stereocenters. The lowest BCUT2D eigenvalue weighted by molar-refractivity contribution is -0.122. The van der Waals surface area contributed by atoms with Crippen LogP contribution in [0.3, 0.4) is 0 Å². The van der Waals surface area contributed by atoms with Crippen molar-refractivity contribution in [3.63, 3.8) is 0 Å². The third kappa shape index (κ3) is 5.18. The number of carbonyl (C=O) groups is 1. The average molecular weight is 466 g/mol. The number of rotatable bonds is 7. The molecule has 1 aliphatic rings. The van der Waals surface area contributed by atoms with E-state index < -0.39 is 0 Å². The number of benzene rings is 3. The van der Waals surface area contributed by atoms with Crippen LogP contribution in [-0.4, -0.2) is 22.2 Å². The quantitative estimate of drug-likeness (QED) is 0.325. The van der Waals surface area contributed by atoms with Gasteiger partial charge in [-0.1, -0.05) is 72.5 Å². The summed E-state index contributed by atoms with van der Waals surface area (Å²) >= 11 is 6.72. The summed E-state index contributed by atoms with van der Waals surface area (Å²) in [5, 5.41) is 0. The Labute approximate surface area is 195 Å². The molecule has 1 aliphatic heterocycles. The summed E-state index contributed by atoms with van der Waals surface area (Å²) in [5.74, 6) is 0.704. The Morgan fingerprint density at radius 3 is 2.47 bits per heavy atom. The zero-order chi connectivity index (χ0) is 22.5. The molecule has 0 spiro atoms. The lowest BCUT2D eigenvalue weighted by atomic mass is 10.1. The van der Waals surface area contributed by atoms with E-state index in [1.807, 2.05) is 42.5 Å². The number of hydrogen-bond acceptors (Lipinski definition) is 5. The summed E-state index contributed by atoms with van der Waals surface area (Å²) in [6.45, 7) is 0.733. The van der Waals surface area contributed by atoms with Gasteiger partial charge in [-0.2, -0.15) is 0 Å². The van der Waals surface area contributed by atoms with Gasteiger partial charge in [-0.05, 0) is 47.0 Å². The molecule has 0 unspecified atom stereocenters. The summed E-state index contributed by atoms with van der Waals surface area (Å²) < 4.78 is 24.9. The molecule has 32 heavy (non-hydrogen) atoms. The smallest absolute Gasteiger partial charge is 0.266 e. The van der Waals surface area contributed by atoms with Crippen molar-refractivity contribution < 1.29 is 18.7 Å². The molecule has 162 valence electrons.